The standard InChI is InChI=1S/C17H21F3N2O2/c1-11-15(12(2)24-22-11)7-8-21-10-16(3,23)13-5-4-6-14(9-13)17(18,19)20/h4-6,9,21,23H,7-8,10H2,1-3H3. The lowest BCUT2D eigenvalue weighted by molar-refractivity contribution is -0.137. The van der Waals surface area contributed by atoms with E-state index in [0.29, 0.717) is 13.0 Å². The van der Waals surface area contributed by atoms with Gasteiger partial charge in [0.15, 0.2) is 0 Å². The first-order valence-corrected chi connectivity index (χ1v) is 7.64. The molecule has 2 aromatic rings. The molecule has 0 saturated carbocycles. The Kier molecular flexibility index (Phi) is 5.35. The number of aryl methyl sites for hydroxylation is 2. The van der Waals surface area contributed by atoms with Crippen molar-refractivity contribution in [3.8, 4) is 0 Å². The van der Waals surface area contributed by atoms with E-state index in [0.717, 1.165) is 29.2 Å². The molecule has 0 aliphatic carbocycles. The molecule has 1 heterocycles. The van der Waals surface area contributed by atoms with E-state index in [1.54, 1.807) is 0 Å². The van der Waals surface area contributed by atoms with Crippen molar-refractivity contribution in [2.45, 2.75) is 39.0 Å². The van der Waals surface area contributed by atoms with E-state index < -0.39 is 17.3 Å². The Hall–Kier alpha value is -1.86. The zero-order valence-electron chi connectivity index (χ0n) is 13.9. The summed E-state index contributed by atoms with van der Waals surface area (Å²) in [6, 6.07) is 4.77. The van der Waals surface area contributed by atoms with Gasteiger partial charge in [-0.15, -0.1) is 0 Å². The second kappa shape index (κ2) is 6.94. The first-order chi connectivity index (χ1) is 11.1. The van der Waals surface area contributed by atoms with Gasteiger partial charge in [-0.25, -0.2) is 0 Å². The number of hydrogen-bond acceptors (Lipinski definition) is 4. The largest absolute Gasteiger partial charge is 0.416 e. The zero-order chi connectivity index (χ0) is 18.0. The van der Waals surface area contributed by atoms with Crippen molar-refractivity contribution in [1.82, 2.24) is 10.5 Å². The van der Waals surface area contributed by atoms with Crippen molar-refractivity contribution in [2.75, 3.05) is 13.1 Å². The third-order valence-corrected chi connectivity index (χ3v) is 4.01. The van der Waals surface area contributed by atoms with Crippen LogP contribution in [-0.4, -0.2) is 23.4 Å². The highest BCUT2D eigenvalue weighted by molar-refractivity contribution is 5.30. The fourth-order valence-corrected chi connectivity index (χ4v) is 2.54. The highest BCUT2D eigenvalue weighted by Gasteiger charge is 2.32. The summed E-state index contributed by atoms with van der Waals surface area (Å²) in [4.78, 5) is 0. The van der Waals surface area contributed by atoms with Crippen LogP contribution in [0.1, 0.15) is 35.1 Å². The Morgan fingerprint density at radius 1 is 1.21 bits per heavy atom. The molecule has 0 aliphatic heterocycles. The molecule has 0 bridgehead atoms. The fourth-order valence-electron chi connectivity index (χ4n) is 2.54. The summed E-state index contributed by atoms with van der Waals surface area (Å²) in [6.07, 6.45) is -3.76. The van der Waals surface area contributed by atoms with Gasteiger partial charge in [0.05, 0.1) is 16.9 Å². The van der Waals surface area contributed by atoms with E-state index in [-0.39, 0.29) is 12.1 Å². The SMILES string of the molecule is Cc1noc(C)c1CCNCC(C)(O)c1cccc(C(F)(F)F)c1. The number of nitrogens with one attached hydrogen (secondary N) is 1. The quantitative estimate of drug-likeness (QED) is 0.791. The van der Waals surface area contributed by atoms with Crippen LogP contribution in [0.4, 0.5) is 13.2 Å². The molecular formula is C17H21F3N2O2. The number of halogens is 3. The zero-order valence-corrected chi connectivity index (χ0v) is 13.9. The molecule has 1 aromatic heterocycles. The first-order valence-electron chi connectivity index (χ1n) is 7.64. The number of hydrogen-bond donors (Lipinski definition) is 2. The van der Waals surface area contributed by atoms with Crippen molar-refractivity contribution in [3.05, 3.63) is 52.4 Å². The molecule has 2 N–H and O–H groups in total. The van der Waals surface area contributed by atoms with Crippen LogP contribution in [0, 0.1) is 13.8 Å². The van der Waals surface area contributed by atoms with Crippen molar-refractivity contribution in [3.63, 3.8) is 0 Å². The average Bonchev–Trinajstić information content (AvgIpc) is 2.82. The summed E-state index contributed by atoms with van der Waals surface area (Å²) in [5.41, 5.74) is -0.127. The molecule has 24 heavy (non-hydrogen) atoms. The van der Waals surface area contributed by atoms with Gasteiger partial charge in [0, 0.05) is 12.1 Å². The fraction of sp³-hybridized carbons (Fsp3) is 0.471. The number of aromatic nitrogens is 1. The van der Waals surface area contributed by atoms with Crippen LogP contribution < -0.4 is 5.32 Å². The predicted octanol–water partition coefficient (Wildman–Crippen LogP) is 3.35. The van der Waals surface area contributed by atoms with Gasteiger partial charge in [-0.2, -0.15) is 13.2 Å². The molecule has 0 spiro atoms. The van der Waals surface area contributed by atoms with Gasteiger partial charge >= 0.3 is 6.18 Å². The summed E-state index contributed by atoms with van der Waals surface area (Å²) < 4.78 is 43.4. The molecule has 0 fully saturated rings. The number of aliphatic hydroxyl groups is 1. The van der Waals surface area contributed by atoms with Crippen molar-refractivity contribution in [2.24, 2.45) is 0 Å². The van der Waals surface area contributed by atoms with Crippen LogP contribution in [0.2, 0.25) is 0 Å². The van der Waals surface area contributed by atoms with Crippen molar-refractivity contribution >= 4 is 0 Å². The van der Waals surface area contributed by atoms with E-state index in [1.165, 1.54) is 19.1 Å². The van der Waals surface area contributed by atoms with Gasteiger partial charge in [0.1, 0.15) is 5.76 Å². The number of nitrogens with zero attached hydrogens (tertiary/aromatic N) is 1. The Bertz CT molecular complexity index is 674. The highest BCUT2D eigenvalue weighted by Crippen LogP contribution is 2.31. The maximum absolute atomic E-state index is 12.8. The lowest BCUT2D eigenvalue weighted by Crippen LogP contribution is -2.36. The number of rotatable bonds is 6. The summed E-state index contributed by atoms with van der Waals surface area (Å²) in [7, 11) is 0. The smallest absolute Gasteiger partial charge is 0.384 e. The summed E-state index contributed by atoms with van der Waals surface area (Å²) in [5, 5.41) is 17.4. The average molecular weight is 342 g/mol. The van der Waals surface area contributed by atoms with Gasteiger partial charge in [-0.3, -0.25) is 0 Å². The monoisotopic (exact) mass is 342 g/mol. The lowest BCUT2D eigenvalue weighted by atomic mass is 9.94. The van der Waals surface area contributed by atoms with Crippen LogP contribution in [0.15, 0.2) is 28.8 Å². The number of alkyl halides is 3. The molecule has 0 aliphatic rings. The molecule has 7 heteroatoms. The molecule has 4 nitrogen and oxygen atoms in total. The summed E-state index contributed by atoms with van der Waals surface area (Å²) in [6.45, 7) is 5.86. The first kappa shape index (κ1) is 18.5. The second-order valence-electron chi connectivity index (χ2n) is 6.08. The Morgan fingerprint density at radius 3 is 2.46 bits per heavy atom. The molecular weight excluding hydrogens is 321 g/mol. The van der Waals surface area contributed by atoms with Gasteiger partial charge in [0.2, 0.25) is 0 Å². The van der Waals surface area contributed by atoms with Gasteiger partial charge in [-0.1, -0.05) is 17.3 Å². The molecule has 0 saturated heterocycles. The minimum atomic E-state index is -4.43. The maximum Gasteiger partial charge on any atom is 0.416 e. The molecule has 0 amide bonds. The predicted molar refractivity (Wildman–Crippen MR) is 83.6 cm³/mol. The highest BCUT2D eigenvalue weighted by atomic mass is 19.4. The third kappa shape index (κ3) is 4.36. The lowest BCUT2D eigenvalue weighted by Gasteiger charge is -2.25. The Labute approximate surface area is 138 Å². The van der Waals surface area contributed by atoms with Crippen LogP contribution in [-0.2, 0) is 18.2 Å². The third-order valence-electron chi connectivity index (χ3n) is 4.01. The van der Waals surface area contributed by atoms with E-state index in [1.807, 2.05) is 13.8 Å². The van der Waals surface area contributed by atoms with E-state index in [2.05, 4.69) is 10.5 Å². The van der Waals surface area contributed by atoms with Crippen LogP contribution in [0.3, 0.4) is 0 Å². The normalized spacial score (nSPS) is 14.6. The minimum absolute atomic E-state index is 0.137. The van der Waals surface area contributed by atoms with Crippen molar-refractivity contribution in [1.29, 1.82) is 0 Å². The Balaban J connectivity index is 1.96. The Morgan fingerprint density at radius 2 is 1.88 bits per heavy atom. The van der Waals surface area contributed by atoms with E-state index in [4.69, 9.17) is 4.52 Å². The molecule has 0 radical (unpaired) electrons. The van der Waals surface area contributed by atoms with E-state index in [9.17, 15) is 18.3 Å². The van der Waals surface area contributed by atoms with E-state index >= 15 is 0 Å². The van der Waals surface area contributed by atoms with Gasteiger partial charge in [-0.05, 0) is 51.4 Å². The molecule has 1 unspecified atom stereocenters. The summed E-state index contributed by atoms with van der Waals surface area (Å²) >= 11 is 0. The molecule has 2 rings (SSSR count). The minimum Gasteiger partial charge on any atom is -0.384 e. The van der Waals surface area contributed by atoms with Gasteiger partial charge in [0.25, 0.3) is 0 Å². The molecule has 1 aromatic carbocycles. The molecule has 132 valence electrons. The second-order valence-corrected chi connectivity index (χ2v) is 6.08. The van der Waals surface area contributed by atoms with Crippen LogP contribution >= 0.6 is 0 Å². The molecule has 1 atom stereocenters. The topological polar surface area (TPSA) is 58.3 Å². The van der Waals surface area contributed by atoms with Crippen LogP contribution in [0.25, 0.3) is 0 Å². The number of benzene rings is 1. The van der Waals surface area contributed by atoms with Gasteiger partial charge < -0.3 is 14.9 Å². The van der Waals surface area contributed by atoms with Crippen LogP contribution in [0.5, 0.6) is 0 Å². The van der Waals surface area contributed by atoms with Crippen molar-refractivity contribution < 1.29 is 22.8 Å². The maximum atomic E-state index is 12.8. The summed E-state index contributed by atoms with van der Waals surface area (Å²) in [5.74, 6) is 0.749.